The van der Waals surface area contributed by atoms with Crippen LogP contribution < -0.4 is 24.4 Å². The van der Waals surface area contributed by atoms with E-state index in [0.717, 1.165) is 6.54 Å². The van der Waals surface area contributed by atoms with Crippen molar-refractivity contribution >= 4 is 0 Å². The van der Waals surface area contributed by atoms with Crippen molar-refractivity contribution in [3.05, 3.63) is 0 Å². The van der Waals surface area contributed by atoms with Gasteiger partial charge in [0.15, 0.2) is 0 Å². The van der Waals surface area contributed by atoms with E-state index >= 15 is 0 Å². The molecule has 0 aromatic heterocycles. The number of quaternary nitrogens is 1. The van der Waals surface area contributed by atoms with Crippen LogP contribution in [-0.2, 0) is 0 Å². The Morgan fingerprint density at radius 1 is 1.09 bits per heavy atom. The number of halogens is 1. The topological polar surface area (TPSA) is 120 Å². The SMILES string of the molecule is CCCCC[NH3+].[O-][Cl+3]([O-])([O-])[O-]. The fraction of sp³-hybridized carbons (Fsp3) is 1.00. The molecule has 6 heteroatoms. The van der Waals surface area contributed by atoms with Crippen molar-refractivity contribution < 1.29 is 34.6 Å². The second-order valence-corrected chi connectivity index (χ2v) is 2.69. The van der Waals surface area contributed by atoms with Crippen molar-refractivity contribution in [1.29, 1.82) is 0 Å². The lowest BCUT2D eigenvalue weighted by Crippen LogP contribution is -2.68. The molecular weight excluding hydrogens is 174 g/mol. The van der Waals surface area contributed by atoms with Gasteiger partial charge in [0.1, 0.15) is 0 Å². The molecule has 0 aromatic rings. The predicted octanol–water partition coefficient (Wildman–Crippen LogP) is -4.34. The lowest BCUT2D eigenvalue weighted by atomic mass is 10.3. The maximum atomic E-state index is 8.49. The summed E-state index contributed by atoms with van der Waals surface area (Å²) in [5.41, 5.74) is 3.72. The van der Waals surface area contributed by atoms with Crippen molar-refractivity contribution in [3.8, 4) is 0 Å². The van der Waals surface area contributed by atoms with Crippen molar-refractivity contribution in [3.63, 3.8) is 0 Å². The van der Waals surface area contributed by atoms with Crippen LogP contribution in [0.15, 0.2) is 0 Å². The maximum absolute atomic E-state index is 8.49. The van der Waals surface area contributed by atoms with Crippen LogP contribution in [0, 0.1) is 10.2 Å². The highest BCUT2D eigenvalue weighted by molar-refractivity contribution is 4.29. The first-order chi connectivity index (χ1) is 4.91. The minimum absolute atomic E-state index is 1.10. The summed E-state index contributed by atoms with van der Waals surface area (Å²) in [6.07, 6.45) is 3.97. The van der Waals surface area contributed by atoms with Gasteiger partial charge in [-0.25, -0.2) is 18.6 Å². The van der Waals surface area contributed by atoms with Gasteiger partial charge in [-0.15, -0.1) is 10.2 Å². The van der Waals surface area contributed by atoms with Gasteiger partial charge in [-0.05, 0) is 12.8 Å². The fourth-order valence-electron chi connectivity index (χ4n) is 0.427. The van der Waals surface area contributed by atoms with Crippen LogP contribution in [0.4, 0.5) is 0 Å². The van der Waals surface area contributed by atoms with Gasteiger partial charge in [-0.1, -0.05) is 13.3 Å². The molecule has 0 saturated heterocycles. The standard InChI is InChI=1S/C5H13N.ClHO4/c1-2-3-4-5-6;2-1(3,4)5/h2-6H2,1H3;(H,2,3,4,5). The van der Waals surface area contributed by atoms with Crippen LogP contribution in [-0.4, -0.2) is 6.54 Å². The molecule has 0 saturated carbocycles. The van der Waals surface area contributed by atoms with Gasteiger partial charge >= 0.3 is 0 Å². The van der Waals surface area contributed by atoms with Gasteiger partial charge in [0.05, 0.1) is 6.54 Å². The summed E-state index contributed by atoms with van der Waals surface area (Å²) >= 11 is 0. The molecule has 0 rings (SSSR count). The minimum Gasteiger partial charge on any atom is -0.358 e. The quantitative estimate of drug-likeness (QED) is 0.449. The predicted molar refractivity (Wildman–Crippen MR) is 27.3 cm³/mol. The summed E-state index contributed by atoms with van der Waals surface area (Å²) < 4.78 is 34.0. The zero-order valence-electron chi connectivity index (χ0n) is 6.55. The van der Waals surface area contributed by atoms with E-state index in [4.69, 9.17) is 18.6 Å². The second kappa shape index (κ2) is 8.19. The van der Waals surface area contributed by atoms with E-state index in [1.165, 1.54) is 19.3 Å². The zero-order chi connectivity index (χ0) is 9.33. The molecule has 0 spiro atoms. The molecule has 0 radical (unpaired) electrons. The molecule has 0 aliphatic rings. The molecule has 3 N–H and O–H groups in total. The van der Waals surface area contributed by atoms with Gasteiger partial charge in [0.2, 0.25) is 0 Å². The summed E-state index contributed by atoms with van der Waals surface area (Å²) in [5.74, 6) is 0. The molecule has 0 bridgehead atoms. The van der Waals surface area contributed by atoms with E-state index in [1.54, 1.807) is 0 Å². The number of hydrogen-bond acceptors (Lipinski definition) is 4. The minimum atomic E-state index is -4.94. The Morgan fingerprint density at radius 3 is 1.55 bits per heavy atom. The summed E-state index contributed by atoms with van der Waals surface area (Å²) in [6.45, 7) is 3.31. The van der Waals surface area contributed by atoms with Gasteiger partial charge in [0.25, 0.3) is 0 Å². The summed E-state index contributed by atoms with van der Waals surface area (Å²) in [6, 6.07) is 0. The van der Waals surface area contributed by atoms with E-state index in [-0.39, 0.29) is 0 Å². The van der Waals surface area contributed by atoms with Gasteiger partial charge in [0, 0.05) is 0 Å². The number of hydrogen-bond donors (Lipinski definition) is 1. The first kappa shape index (κ1) is 13.7. The highest BCUT2D eigenvalue weighted by Crippen LogP contribution is 1.87. The highest BCUT2D eigenvalue weighted by atomic mass is 35.7. The molecule has 0 fully saturated rings. The smallest absolute Gasteiger partial charge is 0.0739 e. The van der Waals surface area contributed by atoms with E-state index in [0.29, 0.717) is 0 Å². The van der Waals surface area contributed by atoms with Crippen LogP contribution in [0.25, 0.3) is 0 Å². The first-order valence-electron chi connectivity index (χ1n) is 3.32. The molecule has 11 heavy (non-hydrogen) atoms. The Labute approximate surface area is 68.2 Å². The molecule has 0 amide bonds. The Kier molecular flexibility index (Phi) is 10.2. The van der Waals surface area contributed by atoms with E-state index < -0.39 is 10.2 Å². The zero-order valence-corrected chi connectivity index (χ0v) is 7.30. The van der Waals surface area contributed by atoms with E-state index in [9.17, 15) is 0 Å². The third-order valence-electron chi connectivity index (χ3n) is 0.854. The second-order valence-electron chi connectivity index (χ2n) is 1.94. The molecule has 0 heterocycles. The van der Waals surface area contributed by atoms with E-state index in [2.05, 4.69) is 12.7 Å². The van der Waals surface area contributed by atoms with Crippen LogP contribution in [0.2, 0.25) is 0 Å². The third kappa shape index (κ3) is 69.2. The highest BCUT2D eigenvalue weighted by Gasteiger charge is 1.84. The molecule has 0 atom stereocenters. The monoisotopic (exact) mass is 187 g/mol. The van der Waals surface area contributed by atoms with Crippen molar-refractivity contribution in [2.24, 2.45) is 0 Å². The van der Waals surface area contributed by atoms with Crippen molar-refractivity contribution in [2.45, 2.75) is 26.2 Å². The average Bonchev–Trinajstić information content (AvgIpc) is 1.79. The number of unbranched alkanes of at least 4 members (excludes halogenated alkanes) is 2. The lowest BCUT2D eigenvalue weighted by molar-refractivity contribution is -2.00. The molecule has 5 nitrogen and oxygen atoms in total. The first-order valence-corrected chi connectivity index (χ1v) is 4.56. The average molecular weight is 188 g/mol. The van der Waals surface area contributed by atoms with Crippen LogP contribution in [0.3, 0.4) is 0 Å². The summed E-state index contributed by atoms with van der Waals surface area (Å²) in [7, 11) is -4.94. The fourth-order valence-corrected chi connectivity index (χ4v) is 0.427. The Balaban J connectivity index is 0. The normalized spacial score (nSPS) is 10.4. The van der Waals surface area contributed by atoms with Crippen LogP contribution >= 0.6 is 0 Å². The van der Waals surface area contributed by atoms with Crippen LogP contribution in [0.5, 0.6) is 0 Å². The molecule has 70 valence electrons. The molecule has 0 aliphatic carbocycles. The largest absolute Gasteiger partial charge is 0.358 e. The molecule has 0 aliphatic heterocycles. The Morgan fingerprint density at radius 2 is 1.45 bits per heavy atom. The lowest BCUT2D eigenvalue weighted by Gasteiger charge is -2.17. The third-order valence-corrected chi connectivity index (χ3v) is 0.854. The summed E-state index contributed by atoms with van der Waals surface area (Å²) in [4.78, 5) is 0. The van der Waals surface area contributed by atoms with Crippen molar-refractivity contribution in [2.75, 3.05) is 6.54 Å². The summed E-state index contributed by atoms with van der Waals surface area (Å²) in [5, 5.41) is 0. The van der Waals surface area contributed by atoms with Crippen molar-refractivity contribution in [1.82, 2.24) is 0 Å². The number of rotatable bonds is 3. The maximum Gasteiger partial charge on any atom is 0.0739 e. The van der Waals surface area contributed by atoms with Gasteiger partial charge < -0.3 is 5.73 Å². The Hall–Kier alpha value is 0.0900. The van der Waals surface area contributed by atoms with Gasteiger partial charge in [-0.2, -0.15) is 0 Å². The van der Waals surface area contributed by atoms with E-state index in [1.807, 2.05) is 0 Å². The molecule has 0 aromatic carbocycles. The van der Waals surface area contributed by atoms with Crippen LogP contribution in [0.1, 0.15) is 26.2 Å². The molecular formula is C5H14ClNO4. The molecule has 0 unspecified atom stereocenters. The van der Waals surface area contributed by atoms with Gasteiger partial charge in [-0.3, -0.25) is 0 Å². The Bertz CT molecular complexity index is 65.4.